The standard InChI is InChI=1S/C29H50O5/c1-17(8-11-25(32)34-27(2,3)4)20-9-10-21-26-22(16-24(31)29(20,21)6)28(5)13-12-19(33-7)14-18(28)15-23(26)30/h17-24,26,30-31H,8-16H2,1-7H3/t17-,18+,19+,20-,21?,22+,23-,24+,26+,28+,29-/m1/s1. The zero-order valence-electron chi connectivity index (χ0n) is 22.7. The minimum absolute atomic E-state index is 0.128. The van der Waals surface area contributed by atoms with E-state index in [1.807, 2.05) is 27.9 Å². The number of methoxy groups -OCH3 is 1. The maximum atomic E-state index is 12.3. The summed E-state index contributed by atoms with van der Waals surface area (Å²) in [6.07, 6.45) is 7.99. The molecule has 0 saturated heterocycles. The SMILES string of the molecule is CO[C@H]1CC[C@@]2(C)[C@@H](C1)C[C@@H](O)[C@H]1C3CC[C@H]([C@H](C)CCC(=O)OC(C)(C)C)[C@@]3(C)[C@@H](O)C[C@@H]12. The van der Waals surface area contributed by atoms with Crippen LogP contribution >= 0.6 is 0 Å². The van der Waals surface area contributed by atoms with Gasteiger partial charge in [0.15, 0.2) is 0 Å². The molecule has 4 fully saturated rings. The van der Waals surface area contributed by atoms with E-state index in [2.05, 4.69) is 20.8 Å². The van der Waals surface area contributed by atoms with Crippen molar-refractivity contribution in [3.8, 4) is 0 Å². The number of carbonyl (C=O) groups is 1. The van der Waals surface area contributed by atoms with E-state index in [-0.39, 0.29) is 34.9 Å². The Morgan fingerprint density at radius 1 is 1.06 bits per heavy atom. The lowest BCUT2D eigenvalue weighted by Gasteiger charge is -2.63. The smallest absolute Gasteiger partial charge is 0.306 e. The zero-order chi connectivity index (χ0) is 25.1. The van der Waals surface area contributed by atoms with Gasteiger partial charge in [0.1, 0.15) is 5.60 Å². The molecule has 5 nitrogen and oxygen atoms in total. The molecule has 4 rings (SSSR count). The van der Waals surface area contributed by atoms with E-state index in [1.165, 1.54) is 0 Å². The molecule has 0 radical (unpaired) electrons. The molecule has 4 aliphatic carbocycles. The van der Waals surface area contributed by atoms with Crippen LogP contribution in [-0.2, 0) is 14.3 Å². The van der Waals surface area contributed by atoms with Crippen LogP contribution in [0.25, 0.3) is 0 Å². The van der Waals surface area contributed by atoms with E-state index in [0.717, 1.165) is 51.4 Å². The minimum atomic E-state index is -0.452. The van der Waals surface area contributed by atoms with Crippen LogP contribution in [-0.4, -0.2) is 47.2 Å². The van der Waals surface area contributed by atoms with Gasteiger partial charge in [0.05, 0.1) is 18.3 Å². The molecule has 4 saturated carbocycles. The van der Waals surface area contributed by atoms with Gasteiger partial charge in [-0.2, -0.15) is 0 Å². The highest BCUT2D eigenvalue weighted by Crippen LogP contribution is 2.68. The summed E-state index contributed by atoms with van der Waals surface area (Å²) in [6, 6.07) is 0. The Kier molecular flexibility index (Phi) is 7.25. The normalized spacial score (nSPS) is 47.3. The Morgan fingerprint density at radius 2 is 1.76 bits per heavy atom. The largest absolute Gasteiger partial charge is 0.460 e. The molecule has 4 aliphatic rings. The minimum Gasteiger partial charge on any atom is -0.460 e. The van der Waals surface area contributed by atoms with Crippen molar-refractivity contribution in [2.24, 2.45) is 46.3 Å². The first-order chi connectivity index (χ1) is 15.8. The predicted octanol–water partition coefficient (Wildman–Crippen LogP) is 5.36. The predicted molar refractivity (Wildman–Crippen MR) is 133 cm³/mol. The molecule has 2 N–H and O–H groups in total. The topological polar surface area (TPSA) is 76.0 Å². The molecule has 34 heavy (non-hydrogen) atoms. The van der Waals surface area contributed by atoms with Crippen molar-refractivity contribution >= 4 is 5.97 Å². The second-order valence-corrected chi connectivity index (χ2v) is 13.8. The highest BCUT2D eigenvalue weighted by molar-refractivity contribution is 5.69. The molecule has 0 aromatic carbocycles. The Balaban J connectivity index is 1.50. The van der Waals surface area contributed by atoms with Gasteiger partial charge < -0.3 is 19.7 Å². The van der Waals surface area contributed by atoms with E-state index >= 15 is 0 Å². The van der Waals surface area contributed by atoms with E-state index in [9.17, 15) is 15.0 Å². The van der Waals surface area contributed by atoms with Crippen molar-refractivity contribution in [1.82, 2.24) is 0 Å². The zero-order valence-corrected chi connectivity index (χ0v) is 22.7. The van der Waals surface area contributed by atoms with Gasteiger partial charge in [-0.05, 0) is 118 Å². The fourth-order valence-corrected chi connectivity index (χ4v) is 9.27. The Labute approximate surface area is 207 Å². The summed E-state index contributed by atoms with van der Waals surface area (Å²) in [7, 11) is 1.81. The second-order valence-electron chi connectivity index (χ2n) is 13.8. The average Bonchev–Trinajstić information content (AvgIpc) is 3.10. The third-order valence-electron chi connectivity index (χ3n) is 11.1. The first-order valence-electron chi connectivity index (χ1n) is 13.9. The first-order valence-corrected chi connectivity index (χ1v) is 13.9. The van der Waals surface area contributed by atoms with Crippen LogP contribution in [0.1, 0.15) is 99.3 Å². The molecular formula is C29H50O5. The summed E-state index contributed by atoms with van der Waals surface area (Å²) in [4.78, 5) is 12.3. The van der Waals surface area contributed by atoms with Gasteiger partial charge in [-0.3, -0.25) is 4.79 Å². The highest BCUT2D eigenvalue weighted by Gasteiger charge is 2.65. The molecule has 5 heteroatoms. The number of carbonyl (C=O) groups excluding carboxylic acids is 1. The van der Waals surface area contributed by atoms with E-state index in [1.54, 1.807) is 0 Å². The van der Waals surface area contributed by atoms with E-state index in [4.69, 9.17) is 9.47 Å². The van der Waals surface area contributed by atoms with Gasteiger partial charge in [-0.25, -0.2) is 0 Å². The molecule has 0 aliphatic heterocycles. The summed E-state index contributed by atoms with van der Waals surface area (Å²) in [5, 5.41) is 23.2. The monoisotopic (exact) mass is 478 g/mol. The van der Waals surface area contributed by atoms with Crippen LogP contribution in [0, 0.1) is 46.3 Å². The number of hydrogen-bond donors (Lipinski definition) is 2. The molecule has 11 atom stereocenters. The summed E-state index contributed by atoms with van der Waals surface area (Å²) in [6.45, 7) is 12.7. The number of fused-ring (bicyclic) bond motifs is 5. The quantitative estimate of drug-likeness (QED) is 0.520. The average molecular weight is 479 g/mol. The summed E-state index contributed by atoms with van der Waals surface area (Å²) in [5.74, 6) is 2.07. The van der Waals surface area contributed by atoms with Gasteiger partial charge in [0.25, 0.3) is 0 Å². The second kappa shape index (κ2) is 9.34. The van der Waals surface area contributed by atoms with Crippen LogP contribution < -0.4 is 0 Å². The molecule has 0 heterocycles. The maximum Gasteiger partial charge on any atom is 0.306 e. The van der Waals surface area contributed by atoms with Gasteiger partial charge >= 0.3 is 5.97 Å². The van der Waals surface area contributed by atoms with Gasteiger partial charge in [0.2, 0.25) is 0 Å². The van der Waals surface area contributed by atoms with Crippen molar-refractivity contribution in [1.29, 1.82) is 0 Å². The van der Waals surface area contributed by atoms with Crippen LogP contribution in [0.15, 0.2) is 0 Å². The molecule has 0 amide bonds. The summed E-state index contributed by atoms with van der Waals surface area (Å²) < 4.78 is 11.2. The third-order valence-corrected chi connectivity index (χ3v) is 11.1. The number of hydrogen-bond acceptors (Lipinski definition) is 5. The lowest BCUT2D eigenvalue weighted by Crippen LogP contribution is -2.62. The van der Waals surface area contributed by atoms with Crippen molar-refractivity contribution < 1.29 is 24.5 Å². The summed E-state index contributed by atoms with van der Waals surface area (Å²) >= 11 is 0. The molecule has 1 unspecified atom stereocenters. The highest BCUT2D eigenvalue weighted by atomic mass is 16.6. The Bertz CT molecular complexity index is 745. The number of esters is 1. The fourth-order valence-electron chi connectivity index (χ4n) is 9.27. The van der Waals surface area contributed by atoms with Crippen molar-refractivity contribution in [2.75, 3.05) is 7.11 Å². The van der Waals surface area contributed by atoms with Crippen molar-refractivity contribution in [3.63, 3.8) is 0 Å². The van der Waals surface area contributed by atoms with Gasteiger partial charge in [0, 0.05) is 13.5 Å². The molecular weight excluding hydrogens is 428 g/mol. The number of rotatable bonds is 5. The summed E-state index contributed by atoms with van der Waals surface area (Å²) in [5.41, 5.74) is -0.461. The van der Waals surface area contributed by atoms with E-state index < -0.39 is 5.60 Å². The third kappa shape index (κ3) is 4.47. The lowest BCUT2D eigenvalue weighted by molar-refractivity contribution is -0.208. The molecule has 0 bridgehead atoms. The van der Waals surface area contributed by atoms with Crippen molar-refractivity contribution in [3.05, 3.63) is 0 Å². The maximum absolute atomic E-state index is 12.3. The molecule has 196 valence electrons. The molecule has 0 aromatic rings. The fraction of sp³-hybridized carbons (Fsp3) is 0.966. The van der Waals surface area contributed by atoms with Crippen LogP contribution in [0.3, 0.4) is 0 Å². The molecule has 0 aromatic heterocycles. The number of ether oxygens (including phenoxy) is 2. The number of aliphatic hydroxyl groups is 2. The van der Waals surface area contributed by atoms with Crippen LogP contribution in [0.4, 0.5) is 0 Å². The van der Waals surface area contributed by atoms with Crippen molar-refractivity contribution in [2.45, 2.75) is 123 Å². The molecule has 0 spiro atoms. The Morgan fingerprint density at radius 3 is 2.41 bits per heavy atom. The van der Waals surface area contributed by atoms with Crippen LogP contribution in [0.2, 0.25) is 0 Å². The van der Waals surface area contributed by atoms with Crippen LogP contribution in [0.5, 0.6) is 0 Å². The van der Waals surface area contributed by atoms with Gasteiger partial charge in [-0.1, -0.05) is 20.8 Å². The lowest BCUT2D eigenvalue weighted by atomic mass is 9.43. The van der Waals surface area contributed by atoms with Gasteiger partial charge in [-0.15, -0.1) is 0 Å². The number of aliphatic hydroxyl groups excluding tert-OH is 2. The Hall–Kier alpha value is -0.650. The first kappa shape index (κ1) is 26.4. The van der Waals surface area contributed by atoms with E-state index in [0.29, 0.717) is 42.1 Å².